The molecule has 1 aromatic rings. The van der Waals surface area contributed by atoms with Crippen molar-refractivity contribution >= 4 is 11.8 Å². The van der Waals surface area contributed by atoms with Gasteiger partial charge in [-0.3, -0.25) is 0 Å². The molecule has 1 N–H and O–H groups in total. The lowest BCUT2D eigenvalue weighted by molar-refractivity contribution is 0.411. The van der Waals surface area contributed by atoms with Crippen molar-refractivity contribution in [2.24, 2.45) is 0 Å². The Kier molecular flexibility index (Phi) is 4.28. The summed E-state index contributed by atoms with van der Waals surface area (Å²) >= 11 is 1.90. The third-order valence-electron chi connectivity index (χ3n) is 3.80. The van der Waals surface area contributed by atoms with Crippen LogP contribution in [0.15, 0.2) is 18.2 Å². The van der Waals surface area contributed by atoms with Crippen molar-refractivity contribution in [1.82, 2.24) is 5.32 Å². The Balaban J connectivity index is 2.20. The fourth-order valence-corrected chi connectivity index (χ4v) is 4.08. The van der Waals surface area contributed by atoms with Crippen molar-refractivity contribution in [1.29, 1.82) is 0 Å². The van der Waals surface area contributed by atoms with Crippen LogP contribution < -0.4 is 5.32 Å². The maximum atomic E-state index is 13.7. The van der Waals surface area contributed by atoms with Crippen molar-refractivity contribution < 1.29 is 8.78 Å². The Morgan fingerprint density at radius 2 is 2.06 bits per heavy atom. The summed E-state index contributed by atoms with van der Waals surface area (Å²) < 4.78 is 27.4. The van der Waals surface area contributed by atoms with Gasteiger partial charge in [0, 0.05) is 16.4 Å². The smallest absolute Gasteiger partial charge is 0.129 e. The van der Waals surface area contributed by atoms with Crippen LogP contribution in [0.3, 0.4) is 0 Å². The second-order valence-corrected chi connectivity index (χ2v) is 6.64. The second kappa shape index (κ2) is 5.57. The van der Waals surface area contributed by atoms with E-state index >= 15 is 0 Å². The van der Waals surface area contributed by atoms with Gasteiger partial charge in [-0.25, -0.2) is 8.78 Å². The number of benzene rings is 1. The van der Waals surface area contributed by atoms with Gasteiger partial charge >= 0.3 is 0 Å². The van der Waals surface area contributed by atoms with E-state index in [2.05, 4.69) is 12.2 Å². The topological polar surface area (TPSA) is 12.0 Å². The number of likely N-dealkylation sites (N-methyl/N-ethyl adjacent to an activating group) is 1. The summed E-state index contributed by atoms with van der Waals surface area (Å²) in [4.78, 5) is 0. The molecule has 1 saturated heterocycles. The highest BCUT2D eigenvalue weighted by atomic mass is 32.2. The zero-order valence-corrected chi connectivity index (χ0v) is 11.6. The lowest BCUT2D eigenvalue weighted by Crippen LogP contribution is -2.45. The molecule has 0 bridgehead atoms. The van der Waals surface area contributed by atoms with E-state index in [9.17, 15) is 8.78 Å². The minimum atomic E-state index is -0.443. The van der Waals surface area contributed by atoms with Gasteiger partial charge in [0.1, 0.15) is 11.6 Å². The number of hydrogen-bond acceptors (Lipinski definition) is 2. The van der Waals surface area contributed by atoms with Gasteiger partial charge in [-0.15, -0.1) is 0 Å². The molecule has 0 aliphatic carbocycles. The number of halogens is 2. The molecule has 0 spiro atoms. The monoisotopic (exact) mass is 271 g/mol. The van der Waals surface area contributed by atoms with E-state index < -0.39 is 11.6 Å². The maximum Gasteiger partial charge on any atom is 0.129 e. The molecular weight excluding hydrogens is 252 g/mol. The molecule has 100 valence electrons. The number of rotatable bonds is 4. The summed E-state index contributed by atoms with van der Waals surface area (Å²) in [6.07, 6.45) is 2.68. The number of thioether (sulfide) groups is 1. The van der Waals surface area contributed by atoms with Gasteiger partial charge in [0.05, 0.1) is 0 Å². The molecule has 1 fully saturated rings. The summed E-state index contributed by atoms with van der Waals surface area (Å²) in [7, 11) is 1.87. The third kappa shape index (κ3) is 2.69. The first-order valence-corrected chi connectivity index (χ1v) is 7.29. The quantitative estimate of drug-likeness (QED) is 0.901. The van der Waals surface area contributed by atoms with E-state index in [0.29, 0.717) is 6.42 Å². The predicted octanol–water partition coefficient (Wildman–Crippen LogP) is 3.38. The third-order valence-corrected chi connectivity index (χ3v) is 5.45. The van der Waals surface area contributed by atoms with Crippen LogP contribution in [0.1, 0.15) is 25.3 Å². The fraction of sp³-hybridized carbons (Fsp3) is 0.571. The van der Waals surface area contributed by atoms with Gasteiger partial charge in [0.15, 0.2) is 0 Å². The van der Waals surface area contributed by atoms with Gasteiger partial charge < -0.3 is 5.32 Å². The molecule has 1 aromatic carbocycles. The summed E-state index contributed by atoms with van der Waals surface area (Å²) in [5.74, 6) is 0.248. The Labute approximate surface area is 111 Å². The molecule has 1 aliphatic heterocycles. The lowest BCUT2D eigenvalue weighted by Gasteiger charge is -2.33. The Morgan fingerprint density at radius 3 is 2.56 bits per heavy atom. The molecule has 18 heavy (non-hydrogen) atoms. The number of hydrogen-bond donors (Lipinski definition) is 1. The van der Waals surface area contributed by atoms with Crippen LogP contribution >= 0.6 is 11.8 Å². The highest BCUT2D eigenvalue weighted by Gasteiger charge is 2.37. The van der Waals surface area contributed by atoms with Crippen molar-refractivity contribution in [3.8, 4) is 0 Å². The fourth-order valence-electron chi connectivity index (χ4n) is 2.63. The zero-order valence-electron chi connectivity index (χ0n) is 10.8. The highest BCUT2D eigenvalue weighted by molar-refractivity contribution is 8.00. The molecule has 2 atom stereocenters. The maximum absolute atomic E-state index is 13.7. The van der Waals surface area contributed by atoms with Crippen molar-refractivity contribution in [2.45, 2.75) is 37.0 Å². The van der Waals surface area contributed by atoms with Gasteiger partial charge in [0.25, 0.3) is 0 Å². The minimum Gasteiger partial charge on any atom is -0.315 e. The molecule has 0 saturated carbocycles. The molecule has 0 amide bonds. The van der Waals surface area contributed by atoms with E-state index in [4.69, 9.17) is 0 Å². The molecule has 2 rings (SSSR count). The second-order valence-electron chi connectivity index (χ2n) is 5.01. The van der Waals surface area contributed by atoms with Gasteiger partial charge in [-0.1, -0.05) is 6.07 Å². The lowest BCUT2D eigenvalue weighted by atomic mass is 9.90. The average molecular weight is 271 g/mol. The molecule has 1 heterocycles. The first kappa shape index (κ1) is 13.8. The molecule has 1 aliphatic rings. The first-order chi connectivity index (χ1) is 8.57. The predicted molar refractivity (Wildman–Crippen MR) is 73.0 cm³/mol. The van der Waals surface area contributed by atoms with Crippen LogP contribution in [0.4, 0.5) is 8.78 Å². The Hall–Kier alpha value is -0.610. The summed E-state index contributed by atoms with van der Waals surface area (Å²) in [6, 6.07) is 4.16. The van der Waals surface area contributed by atoms with Gasteiger partial charge in [-0.05, 0) is 51.1 Å². The van der Waals surface area contributed by atoms with E-state index in [1.807, 2.05) is 18.8 Å². The molecule has 1 nitrogen and oxygen atoms in total. The molecule has 0 aromatic heterocycles. The molecule has 4 heteroatoms. The summed E-state index contributed by atoms with van der Waals surface area (Å²) in [5.41, 5.74) is 0.200. The first-order valence-electron chi connectivity index (χ1n) is 6.31. The zero-order chi connectivity index (χ0) is 13.2. The van der Waals surface area contributed by atoms with Gasteiger partial charge in [-0.2, -0.15) is 11.8 Å². The molecule has 0 radical (unpaired) electrons. The van der Waals surface area contributed by atoms with E-state index in [0.717, 1.165) is 12.2 Å². The minimum absolute atomic E-state index is 0.0729. The van der Waals surface area contributed by atoms with Crippen molar-refractivity contribution in [3.05, 3.63) is 35.4 Å². The van der Waals surface area contributed by atoms with Crippen LogP contribution in [-0.2, 0) is 6.42 Å². The SMILES string of the molecule is CNC(Cc1c(F)cccc1F)C1(C)CCCS1. The van der Waals surface area contributed by atoms with Crippen LogP contribution in [0.25, 0.3) is 0 Å². The van der Waals surface area contributed by atoms with Gasteiger partial charge in [0.2, 0.25) is 0 Å². The van der Waals surface area contributed by atoms with E-state index in [-0.39, 0.29) is 16.4 Å². The van der Waals surface area contributed by atoms with Crippen molar-refractivity contribution in [3.63, 3.8) is 0 Å². The Bertz CT molecular complexity index is 396. The summed E-state index contributed by atoms with van der Waals surface area (Å²) in [5, 5.41) is 3.23. The summed E-state index contributed by atoms with van der Waals surface area (Å²) in [6.45, 7) is 2.19. The normalized spacial score (nSPS) is 25.3. The highest BCUT2D eigenvalue weighted by Crippen LogP contribution is 2.41. The van der Waals surface area contributed by atoms with Crippen molar-refractivity contribution in [2.75, 3.05) is 12.8 Å². The van der Waals surface area contributed by atoms with Crippen LogP contribution in [0, 0.1) is 11.6 Å². The molecule has 2 unspecified atom stereocenters. The van der Waals surface area contributed by atoms with Crippen LogP contribution in [-0.4, -0.2) is 23.6 Å². The largest absolute Gasteiger partial charge is 0.315 e. The van der Waals surface area contributed by atoms with E-state index in [1.54, 1.807) is 0 Å². The van der Waals surface area contributed by atoms with Crippen LogP contribution in [0.5, 0.6) is 0 Å². The number of nitrogens with one attached hydrogen (secondary N) is 1. The van der Waals surface area contributed by atoms with Crippen LogP contribution in [0.2, 0.25) is 0 Å². The average Bonchev–Trinajstić information content (AvgIpc) is 2.77. The molecular formula is C14H19F2NS. The van der Waals surface area contributed by atoms with E-state index in [1.165, 1.54) is 24.6 Å². The standard InChI is InChI=1S/C14H19F2NS/c1-14(7-4-8-18-14)13(17-2)9-10-11(15)5-3-6-12(10)16/h3,5-6,13,17H,4,7-9H2,1-2H3. The Morgan fingerprint density at radius 1 is 1.39 bits per heavy atom.